The van der Waals surface area contributed by atoms with Crippen molar-refractivity contribution in [3.63, 3.8) is 0 Å². The molecule has 1 unspecified atom stereocenters. The molecule has 0 heterocycles. The molecule has 1 aromatic rings. The standard InChI is InChI=1S/C13H16F4N2O/c1-8-3-4-10(5-11(8)14)9(2)18-6-12(20)19-7-13(15,16)17/h3-5,9,18H,6-7H2,1-2H3,(H,19,20). The van der Waals surface area contributed by atoms with Crippen LogP contribution in [0.15, 0.2) is 18.2 Å². The highest BCUT2D eigenvalue weighted by Crippen LogP contribution is 2.16. The predicted octanol–water partition coefficient (Wildman–Crippen LogP) is 2.46. The summed E-state index contributed by atoms with van der Waals surface area (Å²) in [6.45, 7) is 1.69. The summed E-state index contributed by atoms with van der Waals surface area (Å²) in [5.41, 5.74) is 1.13. The molecule has 1 rings (SSSR count). The van der Waals surface area contributed by atoms with Gasteiger partial charge in [-0.25, -0.2) is 4.39 Å². The zero-order valence-corrected chi connectivity index (χ0v) is 11.1. The van der Waals surface area contributed by atoms with Crippen molar-refractivity contribution in [2.24, 2.45) is 0 Å². The van der Waals surface area contributed by atoms with Crippen molar-refractivity contribution in [2.45, 2.75) is 26.1 Å². The predicted molar refractivity (Wildman–Crippen MR) is 66.6 cm³/mol. The summed E-state index contributed by atoms with van der Waals surface area (Å²) >= 11 is 0. The molecule has 0 aliphatic rings. The second-order valence-electron chi connectivity index (χ2n) is 4.50. The van der Waals surface area contributed by atoms with Crippen LogP contribution in [0.2, 0.25) is 0 Å². The Bertz CT molecular complexity index is 474. The fourth-order valence-electron chi connectivity index (χ4n) is 1.50. The minimum atomic E-state index is -4.43. The van der Waals surface area contributed by atoms with Crippen LogP contribution in [0.3, 0.4) is 0 Å². The Balaban J connectivity index is 2.44. The lowest BCUT2D eigenvalue weighted by Gasteiger charge is -2.15. The third-order valence-electron chi connectivity index (χ3n) is 2.75. The normalized spacial score (nSPS) is 13.1. The second-order valence-corrected chi connectivity index (χ2v) is 4.50. The quantitative estimate of drug-likeness (QED) is 0.819. The maximum Gasteiger partial charge on any atom is 0.405 e. The number of rotatable bonds is 5. The highest BCUT2D eigenvalue weighted by atomic mass is 19.4. The van der Waals surface area contributed by atoms with Crippen LogP contribution in [0.5, 0.6) is 0 Å². The zero-order valence-electron chi connectivity index (χ0n) is 11.1. The Labute approximate surface area is 114 Å². The van der Waals surface area contributed by atoms with Crippen LogP contribution in [0.4, 0.5) is 17.6 Å². The van der Waals surface area contributed by atoms with Gasteiger partial charge in [0.05, 0.1) is 6.54 Å². The van der Waals surface area contributed by atoms with Gasteiger partial charge in [0.1, 0.15) is 12.4 Å². The van der Waals surface area contributed by atoms with E-state index in [9.17, 15) is 22.4 Å². The molecule has 0 saturated carbocycles. The van der Waals surface area contributed by atoms with E-state index in [1.165, 1.54) is 6.07 Å². The smallest absolute Gasteiger partial charge is 0.346 e. The molecule has 0 bridgehead atoms. The number of alkyl halides is 3. The second kappa shape index (κ2) is 6.69. The number of amides is 1. The number of aryl methyl sites for hydroxylation is 1. The fourth-order valence-corrected chi connectivity index (χ4v) is 1.50. The number of halogens is 4. The Hall–Kier alpha value is -1.63. The van der Waals surface area contributed by atoms with Crippen LogP contribution >= 0.6 is 0 Å². The first-order chi connectivity index (χ1) is 9.19. The van der Waals surface area contributed by atoms with Crippen LogP contribution in [0.25, 0.3) is 0 Å². The summed E-state index contributed by atoms with van der Waals surface area (Å²) in [5.74, 6) is -1.13. The molecular formula is C13H16F4N2O. The molecule has 7 heteroatoms. The molecule has 20 heavy (non-hydrogen) atoms. The molecule has 0 saturated heterocycles. The van der Waals surface area contributed by atoms with Gasteiger partial charge in [0.2, 0.25) is 5.91 Å². The van der Waals surface area contributed by atoms with Gasteiger partial charge in [-0.15, -0.1) is 0 Å². The molecule has 0 fully saturated rings. The molecule has 1 aromatic carbocycles. The summed E-state index contributed by atoms with van der Waals surface area (Å²) in [6.07, 6.45) is -4.43. The highest BCUT2D eigenvalue weighted by Gasteiger charge is 2.27. The van der Waals surface area contributed by atoms with Gasteiger partial charge < -0.3 is 10.6 Å². The van der Waals surface area contributed by atoms with Crippen LogP contribution in [-0.2, 0) is 4.79 Å². The van der Waals surface area contributed by atoms with E-state index < -0.39 is 18.6 Å². The van der Waals surface area contributed by atoms with Crippen LogP contribution in [0.1, 0.15) is 24.1 Å². The van der Waals surface area contributed by atoms with Crippen LogP contribution in [-0.4, -0.2) is 25.2 Å². The van der Waals surface area contributed by atoms with E-state index >= 15 is 0 Å². The van der Waals surface area contributed by atoms with Crippen molar-refractivity contribution in [1.82, 2.24) is 10.6 Å². The first-order valence-corrected chi connectivity index (χ1v) is 6.02. The molecule has 0 aliphatic carbocycles. The number of carbonyl (C=O) groups excluding carboxylic acids is 1. The molecule has 0 aliphatic heterocycles. The van der Waals surface area contributed by atoms with E-state index in [0.29, 0.717) is 11.1 Å². The maximum atomic E-state index is 13.4. The van der Waals surface area contributed by atoms with Gasteiger partial charge in [0.15, 0.2) is 0 Å². The summed E-state index contributed by atoms with van der Waals surface area (Å²) in [7, 11) is 0. The van der Waals surface area contributed by atoms with Gasteiger partial charge >= 0.3 is 6.18 Å². The lowest BCUT2D eigenvalue weighted by molar-refractivity contribution is -0.137. The van der Waals surface area contributed by atoms with Crippen LogP contribution in [0, 0.1) is 12.7 Å². The van der Waals surface area contributed by atoms with E-state index in [-0.39, 0.29) is 18.4 Å². The number of benzene rings is 1. The molecule has 2 N–H and O–H groups in total. The molecule has 1 atom stereocenters. The SMILES string of the molecule is Cc1ccc(C(C)NCC(=O)NCC(F)(F)F)cc1F. The lowest BCUT2D eigenvalue weighted by Crippen LogP contribution is -2.39. The van der Waals surface area contributed by atoms with Gasteiger partial charge in [0, 0.05) is 6.04 Å². The van der Waals surface area contributed by atoms with E-state index in [1.54, 1.807) is 31.3 Å². The molecule has 3 nitrogen and oxygen atoms in total. The van der Waals surface area contributed by atoms with Gasteiger partial charge in [-0.3, -0.25) is 4.79 Å². The topological polar surface area (TPSA) is 41.1 Å². The molecular weight excluding hydrogens is 276 g/mol. The monoisotopic (exact) mass is 292 g/mol. The molecule has 1 amide bonds. The Morgan fingerprint density at radius 2 is 2.00 bits per heavy atom. The Morgan fingerprint density at radius 3 is 2.55 bits per heavy atom. The number of nitrogens with one attached hydrogen (secondary N) is 2. The van der Waals surface area contributed by atoms with Crippen molar-refractivity contribution in [3.8, 4) is 0 Å². The first kappa shape index (κ1) is 16.4. The lowest BCUT2D eigenvalue weighted by atomic mass is 10.1. The van der Waals surface area contributed by atoms with Crippen molar-refractivity contribution < 1.29 is 22.4 Å². The largest absolute Gasteiger partial charge is 0.405 e. The minimum absolute atomic E-state index is 0.271. The van der Waals surface area contributed by atoms with Gasteiger partial charge in [-0.05, 0) is 31.0 Å². The van der Waals surface area contributed by atoms with Crippen molar-refractivity contribution in [1.29, 1.82) is 0 Å². The first-order valence-electron chi connectivity index (χ1n) is 6.02. The fraction of sp³-hybridized carbons (Fsp3) is 0.462. The van der Waals surface area contributed by atoms with E-state index in [0.717, 1.165) is 0 Å². The van der Waals surface area contributed by atoms with Crippen LogP contribution < -0.4 is 10.6 Å². The summed E-state index contributed by atoms with van der Waals surface area (Å²) in [6, 6.07) is 4.29. The third-order valence-corrected chi connectivity index (χ3v) is 2.75. The maximum absolute atomic E-state index is 13.4. The van der Waals surface area contributed by atoms with Crippen molar-refractivity contribution in [3.05, 3.63) is 35.1 Å². The molecule has 112 valence electrons. The van der Waals surface area contributed by atoms with E-state index in [4.69, 9.17) is 0 Å². The average Bonchev–Trinajstić information content (AvgIpc) is 2.36. The molecule has 0 radical (unpaired) electrons. The third kappa shape index (κ3) is 5.56. The van der Waals surface area contributed by atoms with E-state index in [2.05, 4.69) is 5.32 Å². The van der Waals surface area contributed by atoms with Gasteiger partial charge in [0.25, 0.3) is 0 Å². The average molecular weight is 292 g/mol. The number of hydrogen-bond acceptors (Lipinski definition) is 2. The van der Waals surface area contributed by atoms with Crippen molar-refractivity contribution in [2.75, 3.05) is 13.1 Å². The summed E-state index contributed by atoms with van der Waals surface area (Å²) < 4.78 is 49.0. The molecule has 0 aromatic heterocycles. The van der Waals surface area contributed by atoms with Crippen molar-refractivity contribution >= 4 is 5.91 Å². The Kier molecular flexibility index (Phi) is 5.50. The van der Waals surface area contributed by atoms with Gasteiger partial charge in [-0.2, -0.15) is 13.2 Å². The number of hydrogen-bond donors (Lipinski definition) is 2. The van der Waals surface area contributed by atoms with E-state index in [1.807, 2.05) is 0 Å². The molecule has 0 spiro atoms. The number of carbonyl (C=O) groups is 1. The minimum Gasteiger partial charge on any atom is -0.346 e. The summed E-state index contributed by atoms with van der Waals surface area (Å²) in [4.78, 5) is 11.2. The van der Waals surface area contributed by atoms with Gasteiger partial charge in [-0.1, -0.05) is 12.1 Å². The zero-order chi connectivity index (χ0) is 15.3. The summed E-state index contributed by atoms with van der Waals surface area (Å²) in [5, 5.41) is 4.48. The Morgan fingerprint density at radius 1 is 1.35 bits per heavy atom. The highest BCUT2D eigenvalue weighted by molar-refractivity contribution is 5.78.